The molecule has 5 rings (SSSR count). The van der Waals surface area contributed by atoms with Crippen LogP contribution in [0.25, 0.3) is 10.9 Å². The Morgan fingerprint density at radius 3 is 2.25 bits per heavy atom. The lowest BCUT2D eigenvalue weighted by molar-refractivity contribution is 0.0925. The van der Waals surface area contributed by atoms with Crippen LogP contribution < -0.4 is 4.90 Å². The van der Waals surface area contributed by atoms with Crippen molar-refractivity contribution in [3.63, 3.8) is 0 Å². The van der Waals surface area contributed by atoms with Crippen LogP contribution in [-0.4, -0.2) is 26.6 Å². The molecule has 4 aromatic rings. The van der Waals surface area contributed by atoms with Crippen molar-refractivity contribution in [2.24, 2.45) is 0 Å². The molecule has 0 bridgehead atoms. The topological polar surface area (TPSA) is 68.1 Å². The minimum absolute atomic E-state index is 0.330. The van der Waals surface area contributed by atoms with Crippen molar-refractivity contribution < 1.29 is 9.59 Å². The molecule has 28 heavy (non-hydrogen) atoms. The number of imide groups is 1. The number of amides is 2. The summed E-state index contributed by atoms with van der Waals surface area (Å²) in [5.41, 5.74) is 2.82. The number of aryl methyl sites for hydroxylation is 2. The molecule has 0 aliphatic carbocycles. The van der Waals surface area contributed by atoms with E-state index >= 15 is 0 Å². The second-order valence-corrected chi connectivity index (χ2v) is 6.67. The standard InChI is InChI=1S/C22H16N4O2/c27-21-16-7-1-2-8-17(16)22(28)26(21)20-18-9-3-4-10-19(18)25(24-20)13-11-15-6-5-12-23-14-15/h1-10,12,14H,11,13H2. The van der Waals surface area contributed by atoms with E-state index in [9.17, 15) is 9.59 Å². The average molecular weight is 368 g/mol. The normalized spacial score (nSPS) is 13.4. The minimum Gasteiger partial charge on any atom is -0.268 e. The summed E-state index contributed by atoms with van der Waals surface area (Å²) in [5, 5.41) is 5.43. The lowest BCUT2D eigenvalue weighted by Gasteiger charge is -2.10. The van der Waals surface area contributed by atoms with Gasteiger partial charge in [-0.05, 0) is 42.3 Å². The average Bonchev–Trinajstić information content (AvgIpc) is 3.23. The minimum atomic E-state index is -0.330. The molecule has 1 aliphatic rings. The number of carbonyl (C=O) groups excluding carboxylic acids is 2. The molecule has 6 nitrogen and oxygen atoms in total. The first kappa shape index (κ1) is 16.4. The van der Waals surface area contributed by atoms with E-state index in [1.165, 1.54) is 4.90 Å². The van der Waals surface area contributed by atoms with Gasteiger partial charge in [0, 0.05) is 24.3 Å². The maximum Gasteiger partial charge on any atom is 0.267 e. The van der Waals surface area contributed by atoms with Crippen molar-refractivity contribution in [2.75, 3.05) is 4.90 Å². The number of pyridine rings is 1. The highest BCUT2D eigenvalue weighted by Gasteiger charge is 2.38. The number of aromatic nitrogens is 3. The highest BCUT2D eigenvalue weighted by molar-refractivity contribution is 6.35. The van der Waals surface area contributed by atoms with Gasteiger partial charge in [0.1, 0.15) is 0 Å². The van der Waals surface area contributed by atoms with Gasteiger partial charge in [0.2, 0.25) is 0 Å². The summed E-state index contributed by atoms with van der Waals surface area (Å²) >= 11 is 0. The number of hydrogen-bond donors (Lipinski definition) is 0. The van der Waals surface area contributed by atoms with E-state index in [2.05, 4.69) is 10.1 Å². The molecule has 0 spiro atoms. The zero-order valence-electron chi connectivity index (χ0n) is 14.9. The highest BCUT2D eigenvalue weighted by Crippen LogP contribution is 2.32. The Labute approximate surface area is 161 Å². The highest BCUT2D eigenvalue weighted by atomic mass is 16.2. The van der Waals surface area contributed by atoms with Gasteiger partial charge < -0.3 is 0 Å². The number of rotatable bonds is 4. The molecule has 0 unspecified atom stereocenters. The Hall–Kier alpha value is -3.80. The fraction of sp³-hybridized carbons (Fsp3) is 0.0909. The van der Waals surface area contributed by atoms with Crippen LogP contribution in [0, 0.1) is 0 Å². The fourth-order valence-corrected chi connectivity index (χ4v) is 3.61. The molecule has 0 saturated heterocycles. The van der Waals surface area contributed by atoms with Crippen molar-refractivity contribution >= 4 is 28.5 Å². The second-order valence-electron chi connectivity index (χ2n) is 6.67. The van der Waals surface area contributed by atoms with Gasteiger partial charge in [0.05, 0.1) is 16.6 Å². The summed E-state index contributed by atoms with van der Waals surface area (Å²) in [6.07, 6.45) is 4.32. The molecule has 0 fully saturated rings. The number of anilines is 1. The van der Waals surface area contributed by atoms with Crippen LogP contribution in [0.15, 0.2) is 73.1 Å². The van der Waals surface area contributed by atoms with E-state index in [1.807, 2.05) is 47.3 Å². The van der Waals surface area contributed by atoms with Crippen LogP contribution in [0.2, 0.25) is 0 Å². The lowest BCUT2D eigenvalue weighted by atomic mass is 10.1. The molecule has 0 saturated carbocycles. The Bertz CT molecular complexity index is 1180. The van der Waals surface area contributed by atoms with Crippen molar-refractivity contribution in [1.82, 2.24) is 14.8 Å². The first-order chi connectivity index (χ1) is 13.7. The molecule has 136 valence electrons. The van der Waals surface area contributed by atoms with Gasteiger partial charge in [-0.3, -0.25) is 19.3 Å². The van der Waals surface area contributed by atoms with Crippen LogP contribution in [0.3, 0.4) is 0 Å². The Kier molecular flexibility index (Phi) is 3.76. The molecule has 2 aromatic carbocycles. The SMILES string of the molecule is O=C1c2ccccc2C(=O)N1c1nn(CCc2cccnc2)c2ccccc12. The summed E-state index contributed by atoms with van der Waals surface area (Å²) in [5.74, 6) is -0.278. The molecule has 0 N–H and O–H groups in total. The quantitative estimate of drug-likeness (QED) is 0.517. The Morgan fingerprint density at radius 1 is 0.821 bits per heavy atom. The largest absolute Gasteiger partial charge is 0.268 e. The molecule has 1 aliphatic heterocycles. The predicted octanol–water partition coefficient (Wildman–Crippen LogP) is 3.47. The summed E-state index contributed by atoms with van der Waals surface area (Å²) in [6, 6.07) is 18.5. The molecule has 6 heteroatoms. The molecule has 0 atom stereocenters. The smallest absolute Gasteiger partial charge is 0.267 e. The number of benzene rings is 2. The monoisotopic (exact) mass is 368 g/mol. The molecule has 3 heterocycles. The first-order valence-electron chi connectivity index (χ1n) is 9.06. The molecular weight excluding hydrogens is 352 g/mol. The molecular formula is C22H16N4O2. The van der Waals surface area contributed by atoms with Crippen LogP contribution in [0.1, 0.15) is 26.3 Å². The summed E-state index contributed by atoms with van der Waals surface area (Å²) in [6.45, 7) is 0.620. The number of carbonyl (C=O) groups is 2. The zero-order chi connectivity index (χ0) is 19.1. The van der Waals surface area contributed by atoms with E-state index in [1.54, 1.807) is 30.5 Å². The third-order valence-electron chi connectivity index (χ3n) is 4.98. The summed E-state index contributed by atoms with van der Waals surface area (Å²) in [7, 11) is 0. The van der Waals surface area contributed by atoms with Gasteiger partial charge in [-0.15, -0.1) is 0 Å². The second kappa shape index (κ2) is 6.42. The van der Waals surface area contributed by atoms with Gasteiger partial charge in [0.15, 0.2) is 5.82 Å². The summed E-state index contributed by atoms with van der Waals surface area (Å²) in [4.78, 5) is 31.1. The third-order valence-corrected chi connectivity index (χ3v) is 4.98. The maximum atomic E-state index is 12.9. The van der Waals surface area contributed by atoms with E-state index in [0.717, 1.165) is 22.9 Å². The van der Waals surface area contributed by atoms with E-state index in [0.29, 0.717) is 23.5 Å². The van der Waals surface area contributed by atoms with Crippen LogP contribution in [-0.2, 0) is 13.0 Å². The van der Waals surface area contributed by atoms with Crippen LogP contribution in [0.5, 0.6) is 0 Å². The molecule has 2 aromatic heterocycles. The van der Waals surface area contributed by atoms with E-state index in [4.69, 9.17) is 0 Å². The summed E-state index contributed by atoms with van der Waals surface area (Å²) < 4.78 is 1.85. The fourth-order valence-electron chi connectivity index (χ4n) is 3.61. The number of fused-ring (bicyclic) bond motifs is 2. The Morgan fingerprint density at radius 2 is 1.54 bits per heavy atom. The molecule has 2 amide bonds. The van der Waals surface area contributed by atoms with Crippen LogP contribution in [0.4, 0.5) is 5.82 Å². The number of para-hydroxylation sites is 1. The lowest BCUT2D eigenvalue weighted by Crippen LogP contribution is -2.30. The van der Waals surface area contributed by atoms with Crippen molar-refractivity contribution in [1.29, 1.82) is 0 Å². The van der Waals surface area contributed by atoms with Crippen molar-refractivity contribution in [2.45, 2.75) is 13.0 Å². The number of nitrogens with zero attached hydrogens (tertiary/aromatic N) is 4. The first-order valence-corrected chi connectivity index (χ1v) is 9.06. The van der Waals surface area contributed by atoms with Crippen molar-refractivity contribution in [3.8, 4) is 0 Å². The third kappa shape index (κ3) is 2.50. The maximum absolute atomic E-state index is 12.9. The van der Waals surface area contributed by atoms with Gasteiger partial charge in [0.25, 0.3) is 11.8 Å². The van der Waals surface area contributed by atoms with E-state index in [-0.39, 0.29) is 11.8 Å². The van der Waals surface area contributed by atoms with Crippen molar-refractivity contribution in [3.05, 3.63) is 89.7 Å². The Balaban J connectivity index is 1.56. The number of hydrogen-bond acceptors (Lipinski definition) is 4. The van der Waals surface area contributed by atoms with E-state index < -0.39 is 0 Å². The van der Waals surface area contributed by atoms with Gasteiger partial charge in [-0.1, -0.05) is 30.3 Å². The van der Waals surface area contributed by atoms with Gasteiger partial charge in [-0.2, -0.15) is 5.10 Å². The van der Waals surface area contributed by atoms with Gasteiger partial charge in [-0.25, -0.2) is 4.90 Å². The van der Waals surface area contributed by atoms with Crippen LogP contribution >= 0.6 is 0 Å². The zero-order valence-corrected chi connectivity index (χ0v) is 14.9. The molecule has 0 radical (unpaired) electrons. The van der Waals surface area contributed by atoms with Gasteiger partial charge >= 0.3 is 0 Å². The predicted molar refractivity (Wildman–Crippen MR) is 105 cm³/mol.